The third kappa shape index (κ3) is 4.47. The Balaban J connectivity index is 1.58. The van der Waals surface area contributed by atoms with Crippen LogP contribution in [0.4, 0.5) is 5.69 Å². The van der Waals surface area contributed by atoms with E-state index in [1.165, 1.54) is 11.8 Å². The molecule has 0 saturated carbocycles. The van der Waals surface area contributed by atoms with E-state index in [0.29, 0.717) is 34.2 Å². The van der Waals surface area contributed by atoms with Gasteiger partial charge in [-0.25, -0.2) is 9.78 Å². The Hall–Kier alpha value is -3.84. The highest BCUT2D eigenvalue weighted by Crippen LogP contribution is 2.42. The van der Waals surface area contributed by atoms with E-state index in [1.54, 1.807) is 24.0 Å². The maximum atomic E-state index is 13.8. The number of carbonyl (C=O) groups is 2. The van der Waals surface area contributed by atoms with Crippen LogP contribution in [0.1, 0.15) is 44.7 Å². The molecule has 176 valence electrons. The molecule has 4 aromatic rings. The molecule has 0 radical (unpaired) electrons. The number of ether oxygens (including phenoxy) is 1. The number of carbonyl (C=O) groups excluding carboxylic acids is 2. The summed E-state index contributed by atoms with van der Waals surface area (Å²) in [4.78, 5) is 34.4. The highest BCUT2D eigenvalue weighted by atomic mass is 32.2. The summed E-state index contributed by atoms with van der Waals surface area (Å²) in [7, 11) is 0. The fourth-order valence-electron chi connectivity index (χ4n) is 3.96. The van der Waals surface area contributed by atoms with Gasteiger partial charge in [-0.15, -0.1) is 0 Å². The van der Waals surface area contributed by atoms with Crippen molar-refractivity contribution in [2.75, 3.05) is 11.5 Å². The van der Waals surface area contributed by atoms with Gasteiger partial charge in [0.25, 0.3) is 5.91 Å². The molecule has 0 saturated heterocycles. The zero-order chi connectivity index (χ0) is 24.5. The number of hydrogen-bond acceptors (Lipinski definition) is 6. The van der Waals surface area contributed by atoms with Gasteiger partial charge in [0.2, 0.25) is 5.89 Å². The van der Waals surface area contributed by atoms with E-state index in [2.05, 4.69) is 0 Å². The van der Waals surface area contributed by atoms with Gasteiger partial charge in [0.1, 0.15) is 11.5 Å². The number of rotatable bonds is 5. The molecule has 1 aliphatic rings. The molecule has 0 N–H and O–H groups in total. The molecule has 6 nitrogen and oxygen atoms in total. The van der Waals surface area contributed by atoms with Crippen molar-refractivity contribution in [3.63, 3.8) is 0 Å². The van der Waals surface area contributed by atoms with E-state index < -0.39 is 5.97 Å². The molecule has 0 aliphatic carbocycles. The number of aryl methyl sites for hydroxylation is 2. The lowest BCUT2D eigenvalue weighted by atomic mass is 10.1. The Morgan fingerprint density at radius 1 is 1.03 bits per heavy atom. The van der Waals surface area contributed by atoms with E-state index in [9.17, 15) is 9.59 Å². The summed E-state index contributed by atoms with van der Waals surface area (Å²) < 4.78 is 11.2. The van der Waals surface area contributed by atoms with Crippen LogP contribution in [0, 0.1) is 13.8 Å². The number of nitrogens with zero attached hydrogens (tertiary/aromatic N) is 2. The van der Waals surface area contributed by atoms with Gasteiger partial charge >= 0.3 is 5.97 Å². The minimum absolute atomic E-state index is 0.160. The molecule has 0 bridgehead atoms. The number of oxazole rings is 1. The van der Waals surface area contributed by atoms with Gasteiger partial charge in [-0.05, 0) is 63.2 Å². The Morgan fingerprint density at radius 3 is 2.57 bits per heavy atom. The zero-order valence-electron chi connectivity index (χ0n) is 19.7. The van der Waals surface area contributed by atoms with Gasteiger partial charge in [-0.3, -0.25) is 4.79 Å². The van der Waals surface area contributed by atoms with Crippen molar-refractivity contribution in [1.29, 1.82) is 0 Å². The fourth-order valence-corrected chi connectivity index (χ4v) is 5.02. The van der Waals surface area contributed by atoms with Crippen LogP contribution in [-0.2, 0) is 11.3 Å². The maximum Gasteiger partial charge on any atom is 0.338 e. The molecule has 0 atom stereocenters. The molecule has 0 spiro atoms. The van der Waals surface area contributed by atoms with E-state index in [0.717, 1.165) is 20.9 Å². The first kappa shape index (κ1) is 22.9. The van der Waals surface area contributed by atoms with Crippen LogP contribution >= 0.6 is 11.8 Å². The summed E-state index contributed by atoms with van der Waals surface area (Å²) >= 11 is 1.50. The maximum absolute atomic E-state index is 13.8. The number of hydrogen-bond donors (Lipinski definition) is 0. The second-order valence-electron chi connectivity index (χ2n) is 8.28. The van der Waals surface area contributed by atoms with Crippen molar-refractivity contribution in [2.45, 2.75) is 37.1 Å². The van der Waals surface area contributed by atoms with Crippen molar-refractivity contribution in [3.05, 3.63) is 94.9 Å². The summed E-state index contributed by atoms with van der Waals surface area (Å²) in [5, 5.41) is 0. The van der Waals surface area contributed by atoms with Crippen LogP contribution in [0.15, 0.2) is 80.9 Å². The zero-order valence-corrected chi connectivity index (χ0v) is 20.5. The molecule has 2 heterocycles. The number of benzene rings is 3. The Labute approximate surface area is 207 Å². The molecule has 3 aromatic carbocycles. The highest BCUT2D eigenvalue weighted by molar-refractivity contribution is 7.99. The molecule has 35 heavy (non-hydrogen) atoms. The van der Waals surface area contributed by atoms with E-state index in [1.807, 2.05) is 68.4 Å². The number of anilines is 1. The second-order valence-corrected chi connectivity index (χ2v) is 9.36. The molecular formula is C28H24N2O4S. The van der Waals surface area contributed by atoms with Gasteiger partial charge in [0.05, 0.1) is 30.0 Å². The Bertz CT molecular complexity index is 1430. The monoisotopic (exact) mass is 484 g/mol. The lowest BCUT2D eigenvalue weighted by Gasteiger charge is -2.23. The first-order valence-corrected chi connectivity index (χ1v) is 12.2. The summed E-state index contributed by atoms with van der Waals surface area (Å²) in [5.74, 6) is 0.567. The minimum Gasteiger partial charge on any atom is -0.462 e. The van der Waals surface area contributed by atoms with Crippen molar-refractivity contribution < 1.29 is 18.7 Å². The van der Waals surface area contributed by atoms with Crippen molar-refractivity contribution >= 4 is 29.3 Å². The van der Waals surface area contributed by atoms with Gasteiger partial charge in [0.15, 0.2) is 0 Å². The average molecular weight is 485 g/mol. The highest BCUT2D eigenvalue weighted by Gasteiger charge is 2.30. The predicted octanol–water partition coefficient (Wildman–Crippen LogP) is 6.45. The molecular weight excluding hydrogens is 460 g/mol. The van der Waals surface area contributed by atoms with Crippen LogP contribution < -0.4 is 4.90 Å². The van der Waals surface area contributed by atoms with E-state index >= 15 is 0 Å². The van der Waals surface area contributed by atoms with Crippen LogP contribution in [-0.4, -0.2) is 23.5 Å². The molecule has 0 unspecified atom stereocenters. The second kappa shape index (κ2) is 9.43. The average Bonchev–Trinajstić information content (AvgIpc) is 3.18. The summed E-state index contributed by atoms with van der Waals surface area (Å²) in [6, 6.07) is 20.8. The smallest absolute Gasteiger partial charge is 0.338 e. The van der Waals surface area contributed by atoms with Crippen LogP contribution in [0.3, 0.4) is 0 Å². The largest absolute Gasteiger partial charge is 0.462 e. The third-order valence-corrected chi connectivity index (χ3v) is 6.98. The molecule has 1 aromatic heterocycles. The lowest BCUT2D eigenvalue weighted by Crippen LogP contribution is -2.31. The number of fused-ring (bicyclic) bond motifs is 2. The van der Waals surface area contributed by atoms with Crippen molar-refractivity contribution in [1.82, 2.24) is 4.98 Å². The molecule has 5 rings (SSSR count). The van der Waals surface area contributed by atoms with Crippen LogP contribution in [0.5, 0.6) is 0 Å². The van der Waals surface area contributed by atoms with E-state index in [4.69, 9.17) is 14.1 Å². The summed E-state index contributed by atoms with van der Waals surface area (Å²) in [6.45, 7) is 6.12. The van der Waals surface area contributed by atoms with Gasteiger partial charge < -0.3 is 14.1 Å². The Morgan fingerprint density at radius 2 is 1.80 bits per heavy atom. The predicted molar refractivity (Wildman–Crippen MR) is 135 cm³/mol. The molecule has 1 amide bonds. The number of esters is 1. The van der Waals surface area contributed by atoms with Gasteiger partial charge in [-0.1, -0.05) is 41.6 Å². The topological polar surface area (TPSA) is 72.6 Å². The Kier molecular flexibility index (Phi) is 6.17. The molecule has 0 fully saturated rings. The SMILES string of the molecule is CCOC(=O)c1ccc2c(c1)N(Cc1nc(-c3ccc(C)cc3)oc1C)C(=O)c1ccccc1S2. The first-order chi connectivity index (χ1) is 16.9. The number of aromatic nitrogens is 1. The fraction of sp³-hybridized carbons (Fsp3) is 0.179. The van der Waals surface area contributed by atoms with Crippen molar-refractivity contribution in [3.8, 4) is 11.5 Å². The van der Waals surface area contributed by atoms with Crippen molar-refractivity contribution in [2.24, 2.45) is 0 Å². The van der Waals surface area contributed by atoms with E-state index in [-0.39, 0.29) is 19.1 Å². The normalized spacial score (nSPS) is 12.7. The summed E-state index contributed by atoms with van der Waals surface area (Å²) in [6.07, 6.45) is 0. The van der Waals surface area contributed by atoms with Crippen LogP contribution in [0.25, 0.3) is 11.5 Å². The first-order valence-electron chi connectivity index (χ1n) is 11.4. The standard InChI is InChI=1S/C28H24N2O4S/c1-4-33-28(32)20-13-14-25-23(15-20)30(27(31)21-7-5-6-8-24(21)35-25)16-22-18(3)34-26(29-22)19-11-9-17(2)10-12-19/h5-15H,4,16H2,1-3H3. The lowest BCUT2D eigenvalue weighted by molar-refractivity contribution is 0.0526. The van der Waals surface area contributed by atoms with Crippen LogP contribution in [0.2, 0.25) is 0 Å². The van der Waals surface area contributed by atoms with Gasteiger partial charge in [0, 0.05) is 15.4 Å². The number of amides is 1. The molecule has 1 aliphatic heterocycles. The minimum atomic E-state index is -0.422. The quantitative estimate of drug-likeness (QED) is 0.303. The third-order valence-electron chi connectivity index (χ3n) is 5.84. The summed E-state index contributed by atoms with van der Waals surface area (Å²) in [5.41, 5.74) is 4.32. The molecule has 7 heteroatoms. The van der Waals surface area contributed by atoms with Gasteiger partial charge in [-0.2, -0.15) is 0 Å².